The smallest absolute Gasteiger partial charge is 0.242 e. The van der Waals surface area contributed by atoms with Crippen molar-refractivity contribution in [3.05, 3.63) is 22.9 Å². The summed E-state index contributed by atoms with van der Waals surface area (Å²) in [5.41, 5.74) is 0. The van der Waals surface area contributed by atoms with Crippen LogP contribution in [0.3, 0.4) is 0 Å². The molecule has 0 spiro atoms. The Hall–Kier alpha value is -0.170. The number of hydrogen-bond acceptors (Lipinski definition) is 3. The van der Waals surface area contributed by atoms with E-state index in [4.69, 9.17) is 11.6 Å². The molecule has 1 heterocycles. The third-order valence-electron chi connectivity index (χ3n) is 3.34. The zero-order valence-corrected chi connectivity index (χ0v) is 13.5. The van der Waals surface area contributed by atoms with E-state index in [0.717, 1.165) is 25.7 Å². The van der Waals surface area contributed by atoms with Gasteiger partial charge < -0.3 is 0 Å². The van der Waals surface area contributed by atoms with E-state index >= 15 is 0 Å². The first-order valence-corrected chi connectivity index (χ1v) is 8.94. The summed E-state index contributed by atoms with van der Waals surface area (Å²) < 4.78 is 27.5. The van der Waals surface area contributed by atoms with E-state index in [0.29, 0.717) is 11.0 Å². The summed E-state index contributed by atoms with van der Waals surface area (Å²) in [6.45, 7) is 0.392. The van der Waals surface area contributed by atoms with Crippen LogP contribution in [0.5, 0.6) is 0 Å². The topological polar surface area (TPSA) is 59.1 Å². The standard InChI is InChI=1S/C12H16BrClN2O2S/c13-10-5-11(8-15-7-10)19(17,18)16-6-9-3-1-2-4-12(9)14/h5,7-9,12,16H,1-4,6H2. The normalized spacial score (nSPS) is 24.3. The van der Waals surface area contributed by atoms with Crippen molar-refractivity contribution in [1.82, 2.24) is 9.71 Å². The van der Waals surface area contributed by atoms with E-state index in [9.17, 15) is 8.42 Å². The first kappa shape index (κ1) is 15.2. The number of rotatable bonds is 4. The molecule has 0 aromatic carbocycles. The Morgan fingerprint density at radius 3 is 2.79 bits per heavy atom. The van der Waals surface area contributed by atoms with Gasteiger partial charge in [-0.25, -0.2) is 13.1 Å². The molecule has 0 bridgehead atoms. The quantitative estimate of drug-likeness (QED) is 0.832. The minimum absolute atomic E-state index is 0.0667. The maximum atomic E-state index is 12.1. The molecule has 0 saturated heterocycles. The molecule has 19 heavy (non-hydrogen) atoms. The molecular formula is C12H16BrClN2O2S. The molecule has 1 saturated carbocycles. The predicted octanol–water partition coefficient (Wildman–Crippen LogP) is 2.92. The lowest BCUT2D eigenvalue weighted by Gasteiger charge is -2.26. The molecule has 106 valence electrons. The van der Waals surface area contributed by atoms with Crippen molar-refractivity contribution in [3.8, 4) is 0 Å². The van der Waals surface area contributed by atoms with Gasteiger partial charge in [-0.15, -0.1) is 11.6 Å². The summed E-state index contributed by atoms with van der Waals surface area (Å²) in [7, 11) is -3.51. The molecule has 2 unspecified atom stereocenters. The lowest BCUT2D eigenvalue weighted by Crippen LogP contribution is -2.34. The molecule has 2 rings (SSSR count). The lowest BCUT2D eigenvalue weighted by molar-refractivity contribution is 0.364. The van der Waals surface area contributed by atoms with Crippen LogP contribution in [0.2, 0.25) is 0 Å². The fourth-order valence-corrected chi connectivity index (χ4v) is 4.20. The van der Waals surface area contributed by atoms with Crippen LogP contribution in [0.15, 0.2) is 27.8 Å². The van der Waals surface area contributed by atoms with Crippen LogP contribution in [0, 0.1) is 5.92 Å². The second-order valence-electron chi connectivity index (χ2n) is 4.75. The van der Waals surface area contributed by atoms with Crippen molar-refractivity contribution in [3.63, 3.8) is 0 Å². The number of sulfonamides is 1. The van der Waals surface area contributed by atoms with Crippen molar-refractivity contribution in [2.75, 3.05) is 6.54 Å². The van der Waals surface area contributed by atoms with Crippen LogP contribution >= 0.6 is 27.5 Å². The number of nitrogens with zero attached hydrogens (tertiary/aromatic N) is 1. The average Bonchev–Trinajstić information content (AvgIpc) is 2.38. The first-order chi connectivity index (χ1) is 8.99. The maximum Gasteiger partial charge on any atom is 0.242 e. The Bertz CT molecular complexity index is 538. The SMILES string of the molecule is O=S(=O)(NCC1CCCCC1Cl)c1cncc(Br)c1. The van der Waals surface area contributed by atoms with Crippen molar-refractivity contribution in [2.24, 2.45) is 5.92 Å². The number of hydrogen-bond donors (Lipinski definition) is 1. The number of pyridine rings is 1. The zero-order chi connectivity index (χ0) is 13.9. The minimum Gasteiger partial charge on any atom is -0.262 e. The second-order valence-corrected chi connectivity index (χ2v) is 7.99. The molecule has 1 aliphatic carbocycles. The van der Waals surface area contributed by atoms with Crippen molar-refractivity contribution >= 4 is 37.6 Å². The number of alkyl halides is 1. The van der Waals surface area contributed by atoms with Gasteiger partial charge >= 0.3 is 0 Å². The van der Waals surface area contributed by atoms with Crippen LogP contribution < -0.4 is 4.72 Å². The van der Waals surface area contributed by atoms with Crippen LogP contribution in [0.25, 0.3) is 0 Å². The monoisotopic (exact) mass is 366 g/mol. The van der Waals surface area contributed by atoms with Crippen molar-refractivity contribution < 1.29 is 8.42 Å². The molecule has 2 atom stereocenters. The van der Waals surface area contributed by atoms with Gasteiger partial charge in [-0.2, -0.15) is 0 Å². The van der Waals surface area contributed by atoms with Gasteiger partial charge in [0.15, 0.2) is 0 Å². The van der Waals surface area contributed by atoms with Gasteiger partial charge in [0, 0.05) is 28.8 Å². The average molecular weight is 368 g/mol. The maximum absolute atomic E-state index is 12.1. The number of halogens is 2. The van der Waals surface area contributed by atoms with Gasteiger partial charge in [0.1, 0.15) is 4.90 Å². The summed E-state index contributed by atoms with van der Waals surface area (Å²) in [6.07, 6.45) is 7.09. The van der Waals surface area contributed by atoms with E-state index in [1.807, 2.05) is 0 Å². The van der Waals surface area contributed by atoms with Gasteiger partial charge in [-0.1, -0.05) is 12.8 Å². The Kier molecular flexibility index (Phi) is 5.22. The molecule has 1 aliphatic rings. The van der Waals surface area contributed by atoms with Crippen molar-refractivity contribution in [2.45, 2.75) is 36.0 Å². The molecule has 1 aromatic heterocycles. The van der Waals surface area contributed by atoms with E-state index in [1.165, 1.54) is 12.3 Å². The highest BCUT2D eigenvalue weighted by atomic mass is 79.9. The fourth-order valence-electron chi connectivity index (χ4n) is 2.23. The minimum atomic E-state index is -3.51. The van der Waals surface area contributed by atoms with Crippen molar-refractivity contribution in [1.29, 1.82) is 0 Å². The number of nitrogens with one attached hydrogen (secondary N) is 1. The van der Waals surface area contributed by atoms with Gasteiger partial charge in [0.25, 0.3) is 0 Å². The Morgan fingerprint density at radius 2 is 2.11 bits per heavy atom. The third kappa shape index (κ3) is 4.15. The van der Waals surface area contributed by atoms with Crippen LogP contribution in [-0.4, -0.2) is 25.3 Å². The summed E-state index contributed by atoms with van der Waals surface area (Å²) in [5.74, 6) is 0.213. The van der Waals surface area contributed by atoms with Gasteiger partial charge in [0.05, 0.1) is 0 Å². The van der Waals surface area contributed by atoms with E-state index < -0.39 is 10.0 Å². The fraction of sp³-hybridized carbons (Fsp3) is 0.583. The van der Waals surface area contributed by atoms with Gasteiger partial charge in [-0.05, 0) is 40.8 Å². The summed E-state index contributed by atoms with van der Waals surface area (Å²) in [6, 6.07) is 1.54. The van der Waals surface area contributed by atoms with Crippen LogP contribution in [0.4, 0.5) is 0 Å². The van der Waals surface area contributed by atoms with E-state index in [2.05, 4.69) is 25.6 Å². The van der Waals surface area contributed by atoms with Gasteiger partial charge in [-0.3, -0.25) is 4.98 Å². The molecular weight excluding hydrogens is 352 g/mol. The Morgan fingerprint density at radius 1 is 1.37 bits per heavy atom. The van der Waals surface area contributed by atoms with E-state index in [-0.39, 0.29) is 16.2 Å². The molecule has 0 aliphatic heterocycles. The molecule has 7 heteroatoms. The zero-order valence-electron chi connectivity index (χ0n) is 10.4. The molecule has 0 radical (unpaired) electrons. The van der Waals surface area contributed by atoms with Crippen LogP contribution in [0.1, 0.15) is 25.7 Å². The molecule has 0 amide bonds. The predicted molar refractivity (Wildman–Crippen MR) is 78.7 cm³/mol. The summed E-state index contributed by atoms with van der Waals surface area (Å²) >= 11 is 9.44. The van der Waals surface area contributed by atoms with Gasteiger partial charge in [0.2, 0.25) is 10.0 Å². The largest absolute Gasteiger partial charge is 0.262 e. The number of aromatic nitrogens is 1. The lowest BCUT2D eigenvalue weighted by atomic mass is 9.89. The first-order valence-electron chi connectivity index (χ1n) is 6.23. The highest BCUT2D eigenvalue weighted by Gasteiger charge is 2.25. The second kappa shape index (κ2) is 6.52. The molecule has 1 aromatic rings. The highest BCUT2D eigenvalue weighted by molar-refractivity contribution is 9.10. The molecule has 1 fully saturated rings. The third-order valence-corrected chi connectivity index (χ3v) is 5.74. The Labute approximate surface area is 127 Å². The summed E-state index contributed by atoms with van der Waals surface area (Å²) in [5, 5.41) is 0.0667. The van der Waals surface area contributed by atoms with Crippen LogP contribution in [-0.2, 0) is 10.0 Å². The van der Waals surface area contributed by atoms with E-state index in [1.54, 1.807) is 6.20 Å². The highest BCUT2D eigenvalue weighted by Crippen LogP contribution is 2.28. The Balaban J connectivity index is 2.01. The summed E-state index contributed by atoms with van der Waals surface area (Å²) in [4.78, 5) is 4.04. The molecule has 1 N–H and O–H groups in total. The molecule has 4 nitrogen and oxygen atoms in total.